The van der Waals surface area contributed by atoms with Crippen molar-refractivity contribution in [3.63, 3.8) is 0 Å². The molecule has 434 valence electrons. The predicted octanol–water partition coefficient (Wildman–Crippen LogP) is 0.388. The fourth-order valence-electron chi connectivity index (χ4n) is 8.35. The Morgan fingerprint density at radius 3 is 1.53 bits per heavy atom. The lowest BCUT2D eigenvalue weighted by atomic mass is 9.84. The topological polar surface area (TPSA) is 337 Å². The zero-order chi connectivity index (χ0) is 57.8. The van der Waals surface area contributed by atoms with Crippen molar-refractivity contribution >= 4 is 71.0 Å². The molecule has 1 saturated heterocycles. The van der Waals surface area contributed by atoms with E-state index in [2.05, 4.69) is 31.9 Å². The van der Waals surface area contributed by atoms with Crippen LogP contribution >= 0.6 is 11.8 Å². The first-order chi connectivity index (χ1) is 36.2. The van der Waals surface area contributed by atoms with Crippen LogP contribution in [0.4, 0.5) is 0 Å². The second-order valence-corrected chi connectivity index (χ2v) is 22.1. The Morgan fingerprint density at radius 1 is 0.584 bits per heavy atom. The summed E-state index contributed by atoms with van der Waals surface area (Å²) in [6.07, 6.45) is 3.35. The van der Waals surface area contributed by atoms with Crippen molar-refractivity contribution in [3.8, 4) is 0 Å². The molecule has 0 radical (unpaired) electrons. The third-order valence-corrected chi connectivity index (χ3v) is 13.3. The second-order valence-electron chi connectivity index (χ2n) is 21.1. The lowest BCUT2D eigenvalue weighted by molar-refractivity contribution is -0.143. The molecule has 0 spiro atoms. The molecule has 1 fully saturated rings. The van der Waals surface area contributed by atoms with E-state index >= 15 is 0 Å². The van der Waals surface area contributed by atoms with Crippen molar-refractivity contribution < 1.29 is 68.4 Å². The highest BCUT2D eigenvalue weighted by molar-refractivity contribution is 7.98. The van der Waals surface area contributed by atoms with Crippen LogP contribution in [0, 0.1) is 11.3 Å². The molecule has 4 atom stereocenters. The minimum absolute atomic E-state index is 0.0203. The van der Waals surface area contributed by atoms with Gasteiger partial charge in [-0.3, -0.25) is 62.8 Å². The summed E-state index contributed by atoms with van der Waals surface area (Å²) in [4.78, 5) is 133. The number of rotatable bonds is 32. The van der Waals surface area contributed by atoms with E-state index in [0.717, 1.165) is 0 Å². The Labute approximate surface area is 456 Å². The predicted molar refractivity (Wildman–Crippen MR) is 290 cm³/mol. The Bertz CT molecular complexity index is 2080. The quantitative estimate of drug-likeness (QED) is 0.0436. The van der Waals surface area contributed by atoms with E-state index in [9.17, 15) is 68.4 Å². The maximum absolute atomic E-state index is 13.8. The van der Waals surface area contributed by atoms with E-state index < -0.39 is 77.1 Å². The third kappa shape index (κ3) is 27.9. The van der Waals surface area contributed by atoms with Gasteiger partial charge in [-0.05, 0) is 67.7 Å². The average Bonchev–Trinajstić information content (AvgIpc) is 3.33. The molecule has 5 amide bonds. The molecule has 0 aliphatic carbocycles. The number of nitrogens with one attached hydrogen (secondary N) is 6. The molecule has 77 heavy (non-hydrogen) atoms. The number of unbranched alkanes of at least 4 members (excludes halogenated alkanes) is 1. The molecule has 0 saturated carbocycles. The molecule has 1 aromatic carbocycles. The van der Waals surface area contributed by atoms with Gasteiger partial charge in [-0.15, -0.1) is 0 Å². The smallest absolute Gasteiger partial charge is 0.326 e. The second kappa shape index (κ2) is 34.9. The zero-order valence-corrected chi connectivity index (χ0v) is 47.0. The van der Waals surface area contributed by atoms with Crippen LogP contribution in [-0.2, 0) is 49.7 Å². The molecule has 1 aliphatic heterocycles. The molecule has 0 bridgehead atoms. The maximum atomic E-state index is 13.8. The standard InChI is InChI=1S/C52H86N10O14S/c1-34(2)46(50(74)57-40(51(75)76)11-9-10-19-53-41(63)17-16-38(55-35(3)4)47(71)52(5,6)7)58-49(73)39(18-28-77-8)56-48(72)37-14-12-36(13-15-37)29-54-42(64)30-59-20-22-60(31-43(65)66)24-26-62(33-45(69)70)27-25-61(23-21-59)32-44(67)68/h12-15,34-35,38-40,46,55H,9-11,16-33H2,1-8H3,(H,53,63)(H,54,64)(H,56,72)(H,57,74)(H,58,73)(H,65,66)(H,67,68)(H,69,70)(H,75,76)/t38-,39-,40-,46-/m0/s1. The van der Waals surface area contributed by atoms with Crippen LogP contribution in [0.5, 0.6) is 0 Å². The lowest BCUT2D eigenvalue weighted by Crippen LogP contribution is -2.57. The molecule has 25 heteroatoms. The van der Waals surface area contributed by atoms with Crippen LogP contribution in [0.15, 0.2) is 24.3 Å². The minimum Gasteiger partial charge on any atom is -0.480 e. The summed E-state index contributed by atoms with van der Waals surface area (Å²) in [7, 11) is 0. The Balaban J connectivity index is 2.01. The summed E-state index contributed by atoms with van der Waals surface area (Å²) in [6.45, 7) is 14.2. The third-order valence-electron chi connectivity index (χ3n) is 12.7. The van der Waals surface area contributed by atoms with Gasteiger partial charge in [-0.1, -0.05) is 60.6 Å². The maximum Gasteiger partial charge on any atom is 0.326 e. The number of Topliss-reactive ketones (excluding diaryl/α,β-unsaturated/α-hetero) is 1. The van der Waals surface area contributed by atoms with Gasteiger partial charge in [-0.25, -0.2) is 4.79 Å². The largest absolute Gasteiger partial charge is 0.480 e. The highest BCUT2D eigenvalue weighted by atomic mass is 32.2. The van der Waals surface area contributed by atoms with Crippen LogP contribution < -0.4 is 31.9 Å². The summed E-state index contributed by atoms with van der Waals surface area (Å²) < 4.78 is 0. The molecule has 0 aromatic heterocycles. The highest BCUT2D eigenvalue weighted by Crippen LogP contribution is 2.20. The molecule has 1 heterocycles. The van der Waals surface area contributed by atoms with Gasteiger partial charge < -0.3 is 52.3 Å². The first-order valence-electron chi connectivity index (χ1n) is 26.3. The number of carboxylic acid groups (broad SMARTS) is 4. The van der Waals surface area contributed by atoms with Gasteiger partial charge in [0.2, 0.25) is 23.6 Å². The Morgan fingerprint density at radius 2 is 1.09 bits per heavy atom. The number of amides is 5. The molecule has 1 aliphatic rings. The van der Waals surface area contributed by atoms with Crippen LogP contribution in [0.1, 0.15) is 103 Å². The van der Waals surface area contributed by atoms with Gasteiger partial charge in [0.15, 0.2) is 5.78 Å². The molecule has 2 rings (SSSR count). The number of hydrogen-bond donors (Lipinski definition) is 10. The van der Waals surface area contributed by atoms with Crippen molar-refractivity contribution in [1.82, 2.24) is 51.5 Å². The van der Waals surface area contributed by atoms with Crippen LogP contribution in [0.3, 0.4) is 0 Å². The van der Waals surface area contributed by atoms with Crippen molar-refractivity contribution in [2.24, 2.45) is 11.3 Å². The highest BCUT2D eigenvalue weighted by Gasteiger charge is 2.33. The van der Waals surface area contributed by atoms with Crippen molar-refractivity contribution in [1.29, 1.82) is 0 Å². The van der Waals surface area contributed by atoms with E-state index in [4.69, 9.17) is 0 Å². The Hall–Kier alpha value is -5.73. The molecular weight excluding hydrogens is 1020 g/mol. The summed E-state index contributed by atoms with van der Waals surface area (Å²) in [6, 6.07) is 2.44. The molecule has 10 N–H and O–H groups in total. The summed E-state index contributed by atoms with van der Waals surface area (Å²) >= 11 is 1.45. The van der Waals surface area contributed by atoms with Gasteiger partial charge in [-0.2, -0.15) is 11.8 Å². The van der Waals surface area contributed by atoms with Gasteiger partial charge in [0, 0.05) is 88.9 Å². The van der Waals surface area contributed by atoms with Crippen LogP contribution in [0.2, 0.25) is 0 Å². The van der Waals surface area contributed by atoms with E-state index in [1.165, 1.54) is 23.9 Å². The van der Waals surface area contributed by atoms with Gasteiger partial charge in [0.1, 0.15) is 18.1 Å². The Kier molecular flexibility index (Phi) is 30.6. The van der Waals surface area contributed by atoms with Crippen LogP contribution in [-0.4, -0.2) is 227 Å². The number of carbonyl (C=O) groups is 10. The monoisotopic (exact) mass is 1110 g/mol. The molecule has 24 nitrogen and oxygen atoms in total. The fourth-order valence-corrected chi connectivity index (χ4v) is 8.82. The van der Waals surface area contributed by atoms with Gasteiger partial charge >= 0.3 is 23.9 Å². The number of nitrogens with zero attached hydrogens (tertiary/aromatic N) is 4. The van der Waals surface area contributed by atoms with Gasteiger partial charge in [0.25, 0.3) is 5.91 Å². The van der Waals surface area contributed by atoms with Crippen molar-refractivity contribution in [2.45, 2.75) is 124 Å². The number of thioether (sulfide) groups is 1. The van der Waals surface area contributed by atoms with E-state index in [1.807, 2.05) is 40.9 Å². The average molecular weight is 1110 g/mol. The zero-order valence-electron chi connectivity index (χ0n) is 46.2. The molecule has 0 unspecified atom stereocenters. The van der Waals surface area contributed by atoms with Gasteiger partial charge in [0.05, 0.1) is 32.2 Å². The number of aliphatic carboxylic acids is 4. The first-order valence-corrected chi connectivity index (χ1v) is 27.7. The number of hydrogen-bond acceptors (Lipinski definition) is 16. The fraction of sp³-hybridized carbons (Fsp3) is 0.692. The van der Waals surface area contributed by atoms with Crippen molar-refractivity contribution in [3.05, 3.63) is 35.4 Å². The number of carbonyl (C=O) groups excluding carboxylic acids is 6. The van der Waals surface area contributed by atoms with Crippen LogP contribution in [0.25, 0.3) is 0 Å². The minimum atomic E-state index is -1.28. The lowest BCUT2D eigenvalue weighted by Gasteiger charge is -2.32. The molecular formula is C52H86N10O14S. The normalized spacial score (nSPS) is 16.2. The van der Waals surface area contributed by atoms with E-state index in [-0.39, 0.29) is 140 Å². The first kappa shape index (κ1) is 67.4. The van der Waals surface area contributed by atoms with E-state index in [0.29, 0.717) is 30.6 Å². The summed E-state index contributed by atoms with van der Waals surface area (Å²) in [5.74, 6) is -6.93. The van der Waals surface area contributed by atoms with Crippen molar-refractivity contribution in [2.75, 3.05) is 97.1 Å². The summed E-state index contributed by atoms with van der Waals surface area (Å²) in [5.41, 5.74) is 0.289. The number of benzene rings is 1. The number of carboxylic acids is 4. The SMILES string of the molecule is CSCC[C@H](NC(=O)c1ccc(CNC(=O)CN2CCN(CC(=O)O)CCN(CC(=O)O)CCN(CC(=O)O)CC2)cc1)C(=O)N[C@H](C(=O)N[C@@H](CCCCNC(=O)CC[C@H](NC(C)C)C(=O)C(C)(C)C)C(=O)O)C(C)C. The summed E-state index contributed by atoms with van der Waals surface area (Å²) in [5, 5.41) is 55.4. The van der Waals surface area contributed by atoms with E-state index in [1.54, 1.807) is 45.6 Å². The number of ketones is 1. The molecule has 1 aromatic rings.